The van der Waals surface area contributed by atoms with Crippen LogP contribution in [0, 0.1) is 0 Å². The molecule has 0 aromatic rings. The first-order valence-corrected chi connectivity index (χ1v) is 9.74. The van der Waals surface area contributed by atoms with Crippen LogP contribution in [0.4, 0.5) is 0 Å². The number of carbonyl (C=O) groups excluding carboxylic acids is 1. The molecule has 8 nitrogen and oxygen atoms in total. The standard InChI is InChI=1S/C14H29N5O3S/c1-3-4-13(15)14(20)17-7-11-19(12-8-17)23(21,22)18-9-5-16(2)6-10-18/h13H,3-12,15H2,1-2H3. The van der Waals surface area contributed by atoms with E-state index in [1.54, 1.807) is 9.21 Å². The van der Waals surface area contributed by atoms with Gasteiger partial charge in [0, 0.05) is 52.4 Å². The third kappa shape index (κ3) is 4.42. The quantitative estimate of drug-likeness (QED) is 0.671. The van der Waals surface area contributed by atoms with Crippen molar-refractivity contribution in [2.75, 3.05) is 59.4 Å². The van der Waals surface area contributed by atoms with Crippen molar-refractivity contribution < 1.29 is 13.2 Å². The van der Waals surface area contributed by atoms with Crippen LogP contribution in [0.1, 0.15) is 19.8 Å². The largest absolute Gasteiger partial charge is 0.339 e. The lowest BCUT2D eigenvalue weighted by atomic mass is 10.1. The van der Waals surface area contributed by atoms with Crippen LogP contribution in [0.2, 0.25) is 0 Å². The molecule has 1 unspecified atom stereocenters. The number of nitrogens with two attached hydrogens (primary N) is 1. The minimum absolute atomic E-state index is 0.0662. The number of nitrogens with zero attached hydrogens (tertiary/aromatic N) is 4. The Morgan fingerprint density at radius 2 is 1.48 bits per heavy atom. The van der Waals surface area contributed by atoms with E-state index in [0.29, 0.717) is 45.7 Å². The minimum Gasteiger partial charge on any atom is -0.339 e. The molecule has 0 radical (unpaired) electrons. The van der Waals surface area contributed by atoms with Gasteiger partial charge < -0.3 is 15.5 Å². The van der Waals surface area contributed by atoms with E-state index >= 15 is 0 Å². The van der Waals surface area contributed by atoms with Crippen molar-refractivity contribution in [3.05, 3.63) is 0 Å². The first-order valence-electron chi connectivity index (χ1n) is 8.34. The molecule has 0 bridgehead atoms. The molecule has 0 spiro atoms. The van der Waals surface area contributed by atoms with Crippen molar-refractivity contribution in [2.24, 2.45) is 5.73 Å². The third-order valence-electron chi connectivity index (χ3n) is 4.58. The molecule has 0 aromatic heterocycles. The van der Waals surface area contributed by atoms with Gasteiger partial charge in [-0.2, -0.15) is 17.0 Å². The van der Waals surface area contributed by atoms with E-state index in [0.717, 1.165) is 19.5 Å². The zero-order valence-electron chi connectivity index (χ0n) is 14.1. The molecule has 2 rings (SSSR count). The summed E-state index contributed by atoms with van der Waals surface area (Å²) in [5, 5.41) is 0. The number of hydrogen-bond donors (Lipinski definition) is 1. The highest BCUT2D eigenvalue weighted by molar-refractivity contribution is 7.86. The fourth-order valence-electron chi connectivity index (χ4n) is 2.99. The van der Waals surface area contributed by atoms with Crippen LogP contribution >= 0.6 is 0 Å². The predicted octanol–water partition coefficient (Wildman–Crippen LogP) is -1.25. The Balaban J connectivity index is 1.89. The van der Waals surface area contributed by atoms with Gasteiger partial charge in [0.15, 0.2) is 0 Å². The number of rotatable bonds is 5. The van der Waals surface area contributed by atoms with Crippen LogP contribution in [0.25, 0.3) is 0 Å². The summed E-state index contributed by atoms with van der Waals surface area (Å²) in [7, 11) is -1.42. The van der Waals surface area contributed by atoms with Crippen molar-refractivity contribution in [3.63, 3.8) is 0 Å². The number of hydrogen-bond acceptors (Lipinski definition) is 5. The van der Waals surface area contributed by atoms with Crippen LogP contribution in [0.5, 0.6) is 0 Å². The van der Waals surface area contributed by atoms with Gasteiger partial charge in [-0.1, -0.05) is 13.3 Å². The van der Waals surface area contributed by atoms with Gasteiger partial charge in [0.1, 0.15) is 0 Å². The monoisotopic (exact) mass is 347 g/mol. The van der Waals surface area contributed by atoms with E-state index in [-0.39, 0.29) is 5.91 Å². The Morgan fingerprint density at radius 1 is 1.00 bits per heavy atom. The molecule has 2 N–H and O–H groups in total. The first-order chi connectivity index (χ1) is 10.9. The van der Waals surface area contributed by atoms with E-state index < -0.39 is 16.3 Å². The van der Waals surface area contributed by atoms with E-state index in [2.05, 4.69) is 4.90 Å². The predicted molar refractivity (Wildman–Crippen MR) is 89.0 cm³/mol. The topological polar surface area (TPSA) is 90.2 Å². The van der Waals surface area contributed by atoms with Gasteiger partial charge in [-0.05, 0) is 13.5 Å². The summed E-state index contributed by atoms with van der Waals surface area (Å²) in [4.78, 5) is 16.0. The fourth-order valence-corrected chi connectivity index (χ4v) is 4.57. The van der Waals surface area contributed by atoms with Gasteiger partial charge in [-0.15, -0.1) is 0 Å². The Hall–Kier alpha value is -0.740. The van der Waals surface area contributed by atoms with Crippen molar-refractivity contribution in [2.45, 2.75) is 25.8 Å². The second-order valence-electron chi connectivity index (χ2n) is 6.33. The number of likely N-dealkylation sites (N-methyl/N-ethyl adjacent to an activating group) is 1. The molecule has 0 aliphatic carbocycles. The van der Waals surface area contributed by atoms with Crippen molar-refractivity contribution in [3.8, 4) is 0 Å². The van der Waals surface area contributed by atoms with Gasteiger partial charge in [0.05, 0.1) is 6.04 Å². The van der Waals surface area contributed by atoms with Crippen LogP contribution in [0.15, 0.2) is 0 Å². The zero-order valence-corrected chi connectivity index (χ0v) is 15.0. The maximum absolute atomic E-state index is 12.7. The maximum Gasteiger partial charge on any atom is 0.282 e. The number of amides is 1. The van der Waals surface area contributed by atoms with Crippen LogP contribution in [0.3, 0.4) is 0 Å². The Morgan fingerprint density at radius 3 is 1.96 bits per heavy atom. The Labute approximate surface area is 139 Å². The van der Waals surface area contributed by atoms with E-state index in [9.17, 15) is 13.2 Å². The molecule has 0 saturated carbocycles. The zero-order chi connectivity index (χ0) is 17.0. The van der Waals surface area contributed by atoms with Crippen molar-refractivity contribution in [1.29, 1.82) is 0 Å². The normalized spacial score (nSPS) is 23.9. The van der Waals surface area contributed by atoms with Gasteiger partial charge in [-0.3, -0.25) is 4.79 Å². The Kier molecular flexibility index (Phi) is 6.38. The lowest BCUT2D eigenvalue weighted by Gasteiger charge is -2.39. The summed E-state index contributed by atoms with van der Waals surface area (Å²) < 4.78 is 28.4. The molecule has 2 aliphatic rings. The third-order valence-corrected chi connectivity index (χ3v) is 6.62. The highest BCUT2D eigenvalue weighted by Gasteiger charge is 2.35. The van der Waals surface area contributed by atoms with E-state index in [4.69, 9.17) is 5.73 Å². The van der Waals surface area contributed by atoms with Gasteiger partial charge in [0.2, 0.25) is 5.91 Å². The smallest absolute Gasteiger partial charge is 0.282 e. The second-order valence-corrected chi connectivity index (χ2v) is 8.26. The van der Waals surface area contributed by atoms with Crippen molar-refractivity contribution >= 4 is 16.1 Å². The molecule has 23 heavy (non-hydrogen) atoms. The maximum atomic E-state index is 12.7. The lowest BCUT2D eigenvalue weighted by Crippen LogP contribution is -2.58. The molecular weight excluding hydrogens is 318 g/mol. The molecule has 134 valence electrons. The van der Waals surface area contributed by atoms with Crippen LogP contribution in [-0.2, 0) is 15.0 Å². The van der Waals surface area contributed by atoms with Crippen LogP contribution < -0.4 is 5.73 Å². The molecule has 2 heterocycles. The average molecular weight is 347 g/mol. The summed E-state index contributed by atoms with van der Waals surface area (Å²) in [5.41, 5.74) is 5.87. The molecule has 2 fully saturated rings. The summed E-state index contributed by atoms with van der Waals surface area (Å²) in [6.07, 6.45) is 1.53. The first kappa shape index (κ1) is 18.6. The van der Waals surface area contributed by atoms with Gasteiger partial charge >= 0.3 is 0 Å². The average Bonchev–Trinajstić information content (AvgIpc) is 2.55. The SMILES string of the molecule is CCCC(N)C(=O)N1CCN(S(=O)(=O)N2CCN(C)CC2)CC1. The highest BCUT2D eigenvalue weighted by atomic mass is 32.2. The molecule has 2 aliphatic heterocycles. The minimum atomic E-state index is -3.42. The van der Waals surface area contributed by atoms with Gasteiger partial charge in [0.25, 0.3) is 10.2 Å². The highest BCUT2D eigenvalue weighted by Crippen LogP contribution is 2.15. The molecule has 1 atom stereocenters. The summed E-state index contributed by atoms with van der Waals surface area (Å²) >= 11 is 0. The summed E-state index contributed by atoms with van der Waals surface area (Å²) in [6, 6.07) is -0.471. The summed E-state index contributed by atoms with van der Waals surface area (Å²) in [5.74, 6) is -0.0662. The number of carbonyl (C=O) groups is 1. The molecule has 1 amide bonds. The Bertz CT molecular complexity index is 497. The van der Waals surface area contributed by atoms with Crippen LogP contribution in [-0.4, -0.2) is 98.2 Å². The van der Waals surface area contributed by atoms with E-state index in [1.807, 2.05) is 14.0 Å². The second kappa shape index (κ2) is 7.89. The molecular formula is C14H29N5O3S. The molecule has 0 aromatic carbocycles. The lowest BCUT2D eigenvalue weighted by molar-refractivity contribution is -0.134. The van der Waals surface area contributed by atoms with Gasteiger partial charge in [-0.25, -0.2) is 0 Å². The molecule has 9 heteroatoms. The molecule has 2 saturated heterocycles. The fraction of sp³-hybridized carbons (Fsp3) is 0.929. The summed E-state index contributed by atoms with van der Waals surface area (Å²) in [6.45, 7) is 6.09. The van der Waals surface area contributed by atoms with Crippen molar-refractivity contribution in [1.82, 2.24) is 18.4 Å². The number of piperazine rings is 2. The van der Waals surface area contributed by atoms with E-state index in [1.165, 1.54) is 4.31 Å².